The molecule has 0 spiro atoms. The van der Waals surface area contributed by atoms with Crippen LogP contribution in [-0.2, 0) is 11.3 Å². The summed E-state index contributed by atoms with van der Waals surface area (Å²) in [6.07, 6.45) is 0. The first-order chi connectivity index (χ1) is 11.4. The number of nitrogens with zero attached hydrogens (tertiary/aromatic N) is 1. The van der Waals surface area contributed by atoms with Crippen LogP contribution in [0, 0.1) is 0 Å². The maximum atomic E-state index is 11.8. The lowest BCUT2D eigenvalue weighted by Crippen LogP contribution is -2.21. The molecule has 126 valence electrons. The highest BCUT2D eigenvalue weighted by atomic mass is 79.9. The fourth-order valence-corrected chi connectivity index (χ4v) is 2.52. The average Bonchev–Trinajstić information content (AvgIpc) is 2.59. The number of amides is 1. The molecular weight excluding hydrogens is 374 g/mol. The molecule has 0 aliphatic rings. The molecule has 0 aromatic heterocycles. The number of methoxy groups -OCH3 is 1. The van der Waals surface area contributed by atoms with Crippen LogP contribution in [0.15, 0.2) is 46.9 Å². The van der Waals surface area contributed by atoms with Gasteiger partial charge in [0.2, 0.25) is 0 Å². The summed E-state index contributed by atoms with van der Waals surface area (Å²) in [5.41, 5.74) is 2.02. The number of rotatable bonds is 5. The first-order valence-electron chi connectivity index (χ1n) is 7.23. The maximum Gasteiger partial charge on any atom is 0.337 e. The fourth-order valence-electron chi connectivity index (χ4n) is 2.03. The minimum absolute atomic E-state index is 0.0383. The number of carbonyl (C=O) groups excluding carboxylic acids is 2. The predicted molar refractivity (Wildman–Crippen MR) is 94.3 cm³/mol. The van der Waals surface area contributed by atoms with Gasteiger partial charge in [-0.15, -0.1) is 0 Å². The van der Waals surface area contributed by atoms with Crippen molar-refractivity contribution < 1.29 is 19.1 Å². The molecule has 1 amide bonds. The van der Waals surface area contributed by atoms with Crippen LogP contribution in [0.2, 0.25) is 0 Å². The smallest absolute Gasteiger partial charge is 0.337 e. The SMILES string of the molecule is COC(=O)c1ccc(OCc2ccc(C(=O)N(C)C)cc2)c(Br)c1. The molecule has 2 aromatic carbocycles. The van der Waals surface area contributed by atoms with Crippen molar-refractivity contribution in [2.75, 3.05) is 21.2 Å². The Morgan fingerprint density at radius 1 is 1.04 bits per heavy atom. The van der Waals surface area contributed by atoms with Gasteiger partial charge in [-0.2, -0.15) is 0 Å². The van der Waals surface area contributed by atoms with Crippen molar-refractivity contribution in [1.29, 1.82) is 0 Å². The molecule has 0 aliphatic carbocycles. The Balaban J connectivity index is 2.03. The number of esters is 1. The topological polar surface area (TPSA) is 55.8 Å². The zero-order valence-electron chi connectivity index (χ0n) is 13.7. The van der Waals surface area contributed by atoms with Crippen molar-refractivity contribution in [3.05, 3.63) is 63.6 Å². The summed E-state index contributed by atoms with van der Waals surface area (Å²) in [6, 6.07) is 12.3. The van der Waals surface area contributed by atoms with Gasteiger partial charge in [0.25, 0.3) is 5.91 Å². The first-order valence-corrected chi connectivity index (χ1v) is 8.03. The van der Waals surface area contributed by atoms with E-state index in [1.165, 1.54) is 12.0 Å². The first kappa shape index (κ1) is 18.0. The van der Waals surface area contributed by atoms with Gasteiger partial charge in [0.1, 0.15) is 12.4 Å². The fraction of sp³-hybridized carbons (Fsp3) is 0.222. The minimum Gasteiger partial charge on any atom is -0.488 e. The number of carbonyl (C=O) groups is 2. The Kier molecular flexibility index (Phi) is 5.98. The molecule has 0 aliphatic heterocycles. The Hall–Kier alpha value is -2.34. The third-order valence-electron chi connectivity index (χ3n) is 3.35. The highest BCUT2D eigenvalue weighted by Crippen LogP contribution is 2.27. The monoisotopic (exact) mass is 391 g/mol. The van der Waals surface area contributed by atoms with Crippen LogP contribution in [0.25, 0.3) is 0 Å². The highest BCUT2D eigenvalue weighted by Gasteiger charge is 2.10. The number of benzene rings is 2. The molecule has 0 bridgehead atoms. The summed E-state index contributed by atoms with van der Waals surface area (Å²) in [5, 5.41) is 0. The molecule has 0 saturated carbocycles. The zero-order valence-corrected chi connectivity index (χ0v) is 15.3. The van der Waals surface area contributed by atoms with Crippen LogP contribution in [0.1, 0.15) is 26.3 Å². The van der Waals surface area contributed by atoms with Crippen molar-refractivity contribution in [3.8, 4) is 5.75 Å². The Labute approximate surface area is 149 Å². The average molecular weight is 392 g/mol. The second-order valence-electron chi connectivity index (χ2n) is 5.32. The molecule has 0 fully saturated rings. The Morgan fingerprint density at radius 3 is 2.21 bits per heavy atom. The quantitative estimate of drug-likeness (QED) is 0.731. The molecule has 0 unspecified atom stereocenters. The van der Waals surface area contributed by atoms with Gasteiger partial charge in [-0.1, -0.05) is 12.1 Å². The summed E-state index contributed by atoms with van der Waals surface area (Å²) < 4.78 is 11.1. The maximum absolute atomic E-state index is 11.8. The Morgan fingerprint density at radius 2 is 1.67 bits per heavy atom. The van der Waals surface area contributed by atoms with E-state index in [-0.39, 0.29) is 5.91 Å². The molecule has 0 saturated heterocycles. The summed E-state index contributed by atoms with van der Waals surface area (Å²) in [7, 11) is 4.77. The number of halogens is 1. The lowest BCUT2D eigenvalue weighted by Gasteiger charge is -2.12. The van der Waals surface area contributed by atoms with E-state index in [0.717, 1.165) is 5.56 Å². The van der Waals surface area contributed by atoms with Crippen molar-refractivity contribution >= 4 is 27.8 Å². The van der Waals surface area contributed by atoms with Crippen molar-refractivity contribution in [3.63, 3.8) is 0 Å². The summed E-state index contributed by atoms with van der Waals surface area (Å²) >= 11 is 3.38. The third kappa shape index (κ3) is 4.35. The van der Waals surface area contributed by atoms with Crippen molar-refractivity contribution in [2.24, 2.45) is 0 Å². The molecule has 5 nitrogen and oxygen atoms in total. The van der Waals surface area contributed by atoms with Gasteiger partial charge in [0, 0.05) is 19.7 Å². The van der Waals surface area contributed by atoms with E-state index >= 15 is 0 Å². The molecule has 6 heteroatoms. The van der Waals surface area contributed by atoms with Crippen LogP contribution in [0.5, 0.6) is 5.75 Å². The predicted octanol–water partition coefficient (Wildman–Crippen LogP) is 3.52. The van der Waals surface area contributed by atoms with Crippen LogP contribution >= 0.6 is 15.9 Å². The van der Waals surface area contributed by atoms with Gasteiger partial charge in [-0.25, -0.2) is 4.79 Å². The largest absolute Gasteiger partial charge is 0.488 e. The molecular formula is C18H18BrNO4. The zero-order chi connectivity index (χ0) is 17.7. The van der Waals surface area contributed by atoms with Gasteiger partial charge >= 0.3 is 5.97 Å². The Bertz CT molecular complexity index is 741. The van der Waals surface area contributed by atoms with Gasteiger partial charge in [-0.3, -0.25) is 4.79 Å². The van der Waals surface area contributed by atoms with Crippen LogP contribution in [-0.4, -0.2) is 38.0 Å². The van der Waals surface area contributed by atoms with E-state index in [4.69, 9.17) is 4.74 Å². The van der Waals surface area contributed by atoms with Gasteiger partial charge in [-0.05, 0) is 51.8 Å². The third-order valence-corrected chi connectivity index (χ3v) is 3.97. The highest BCUT2D eigenvalue weighted by molar-refractivity contribution is 9.10. The molecule has 0 N–H and O–H groups in total. The lowest BCUT2D eigenvalue weighted by molar-refractivity contribution is 0.0600. The molecule has 2 rings (SSSR count). The second kappa shape index (κ2) is 7.97. The molecule has 0 atom stereocenters. The molecule has 0 heterocycles. The van der Waals surface area contributed by atoms with E-state index < -0.39 is 5.97 Å². The van der Waals surface area contributed by atoms with Gasteiger partial charge in [0.05, 0.1) is 17.1 Å². The molecule has 0 radical (unpaired) electrons. The minimum atomic E-state index is -0.400. The van der Waals surface area contributed by atoms with Crippen molar-refractivity contribution in [1.82, 2.24) is 4.90 Å². The van der Waals surface area contributed by atoms with E-state index in [9.17, 15) is 9.59 Å². The summed E-state index contributed by atoms with van der Waals surface area (Å²) in [4.78, 5) is 24.9. The second-order valence-corrected chi connectivity index (χ2v) is 6.18. The van der Waals surface area contributed by atoms with Crippen LogP contribution in [0.3, 0.4) is 0 Å². The summed E-state index contributed by atoms with van der Waals surface area (Å²) in [5.74, 6) is 0.183. The van der Waals surface area contributed by atoms with Crippen LogP contribution in [0.4, 0.5) is 0 Å². The van der Waals surface area contributed by atoms with Gasteiger partial charge < -0.3 is 14.4 Å². The standard InChI is InChI=1S/C18H18BrNO4/c1-20(2)17(21)13-6-4-12(5-7-13)11-24-16-9-8-14(10-15(16)19)18(22)23-3/h4-10H,11H2,1-3H3. The van der Waals surface area contributed by atoms with E-state index in [0.29, 0.717) is 28.0 Å². The number of hydrogen-bond donors (Lipinski definition) is 0. The molecule has 2 aromatic rings. The number of ether oxygens (including phenoxy) is 2. The summed E-state index contributed by atoms with van der Waals surface area (Å²) in [6.45, 7) is 0.354. The lowest BCUT2D eigenvalue weighted by atomic mass is 10.1. The van der Waals surface area contributed by atoms with Crippen molar-refractivity contribution in [2.45, 2.75) is 6.61 Å². The van der Waals surface area contributed by atoms with E-state index in [2.05, 4.69) is 20.7 Å². The van der Waals surface area contributed by atoms with E-state index in [1.807, 2.05) is 12.1 Å². The van der Waals surface area contributed by atoms with Crippen LogP contribution < -0.4 is 4.74 Å². The number of hydrogen-bond acceptors (Lipinski definition) is 4. The normalized spacial score (nSPS) is 10.2. The van der Waals surface area contributed by atoms with Gasteiger partial charge in [0.15, 0.2) is 0 Å². The van der Waals surface area contributed by atoms with E-state index in [1.54, 1.807) is 44.4 Å². The molecule has 24 heavy (non-hydrogen) atoms.